The standard InChI is InChI=1S/C25H25BrN4O3S2/c1-3-4-14-29(2)35(32,33)21-10-7-19(8-11-21)24(31)30(17-18-6-5-13-27-16-18)25-28-22-12-9-20(26)15-23(22)34-25/h5-13,15-16H,3-4,14,17H2,1-2H3. The number of rotatable bonds is 9. The largest absolute Gasteiger partial charge is 0.279 e. The number of benzene rings is 2. The summed E-state index contributed by atoms with van der Waals surface area (Å²) in [7, 11) is -2.04. The first-order chi connectivity index (χ1) is 16.8. The molecule has 2 aromatic heterocycles. The molecule has 0 atom stereocenters. The molecule has 0 aliphatic carbocycles. The van der Waals surface area contributed by atoms with Crippen LogP contribution < -0.4 is 4.90 Å². The Morgan fingerprint density at radius 2 is 1.89 bits per heavy atom. The number of thiazole rings is 1. The fourth-order valence-electron chi connectivity index (χ4n) is 3.51. The second-order valence-corrected chi connectivity index (χ2v) is 12.0. The van der Waals surface area contributed by atoms with Crippen LogP contribution in [0.15, 0.2) is 76.4 Å². The number of aromatic nitrogens is 2. The number of amides is 1. The van der Waals surface area contributed by atoms with Crippen LogP contribution in [0.4, 0.5) is 5.13 Å². The first kappa shape index (κ1) is 25.4. The Bertz CT molecular complexity index is 1420. The third-order valence-corrected chi connectivity index (χ3v) is 8.92. The minimum absolute atomic E-state index is 0.163. The molecule has 0 radical (unpaired) electrons. The van der Waals surface area contributed by atoms with Gasteiger partial charge in [0.1, 0.15) is 0 Å². The molecule has 1 amide bonds. The quantitative estimate of drug-likeness (QED) is 0.256. The van der Waals surface area contributed by atoms with E-state index in [2.05, 4.69) is 25.9 Å². The van der Waals surface area contributed by atoms with Crippen molar-refractivity contribution in [3.63, 3.8) is 0 Å². The van der Waals surface area contributed by atoms with E-state index in [9.17, 15) is 13.2 Å². The van der Waals surface area contributed by atoms with Crippen molar-refractivity contribution in [2.45, 2.75) is 31.2 Å². The molecular formula is C25H25BrN4O3S2. The number of hydrogen-bond acceptors (Lipinski definition) is 6. The van der Waals surface area contributed by atoms with Gasteiger partial charge in [0, 0.05) is 36.0 Å². The molecule has 182 valence electrons. The fraction of sp³-hybridized carbons (Fsp3) is 0.240. The first-order valence-corrected chi connectivity index (χ1v) is 14.2. The Kier molecular flexibility index (Phi) is 7.95. The lowest BCUT2D eigenvalue weighted by molar-refractivity contribution is 0.0985. The Morgan fingerprint density at radius 3 is 2.57 bits per heavy atom. The molecule has 0 aliphatic rings. The summed E-state index contributed by atoms with van der Waals surface area (Å²) in [5.74, 6) is -0.268. The van der Waals surface area contributed by atoms with Crippen molar-refractivity contribution in [2.75, 3.05) is 18.5 Å². The first-order valence-electron chi connectivity index (χ1n) is 11.1. The number of pyridine rings is 1. The highest BCUT2D eigenvalue weighted by atomic mass is 79.9. The molecule has 10 heteroatoms. The van der Waals surface area contributed by atoms with Crippen LogP contribution in [-0.2, 0) is 16.6 Å². The normalized spacial score (nSPS) is 11.8. The number of anilines is 1. The minimum Gasteiger partial charge on any atom is -0.279 e. The van der Waals surface area contributed by atoms with Crippen LogP contribution in [0.3, 0.4) is 0 Å². The van der Waals surface area contributed by atoms with Gasteiger partial charge >= 0.3 is 0 Å². The highest BCUT2D eigenvalue weighted by Gasteiger charge is 2.24. The molecule has 2 aromatic carbocycles. The Morgan fingerprint density at radius 1 is 1.11 bits per heavy atom. The second kappa shape index (κ2) is 10.9. The summed E-state index contributed by atoms with van der Waals surface area (Å²) in [6.45, 7) is 2.75. The number of hydrogen-bond donors (Lipinski definition) is 0. The third-order valence-electron chi connectivity index (χ3n) is 5.51. The van der Waals surface area contributed by atoms with E-state index in [0.717, 1.165) is 33.1 Å². The molecule has 4 aromatic rings. The third kappa shape index (κ3) is 5.78. The van der Waals surface area contributed by atoms with Crippen LogP contribution in [0, 0.1) is 0 Å². The van der Waals surface area contributed by atoms with E-state index < -0.39 is 10.0 Å². The monoisotopic (exact) mass is 572 g/mol. The lowest BCUT2D eigenvalue weighted by Gasteiger charge is -2.20. The molecule has 0 saturated heterocycles. The summed E-state index contributed by atoms with van der Waals surface area (Å²) >= 11 is 4.90. The van der Waals surface area contributed by atoms with Gasteiger partial charge in [0.15, 0.2) is 5.13 Å². The fourth-order valence-corrected chi connectivity index (χ4v) is 6.23. The zero-order chi connectivity index (χ0) is 25.0. The molecule has 0 saturated carbocycles. The highest BCUT2D eigenvalue weighted by Crippen LogP contribution is 2.32. The number of carbonyl (C=O) groups excluding carboxylic acids is 1. The summed E-state index contributed by atoms with van der Waals surface area (Å²) < 4.78 is 28.9. The van der Waals surface area contributed by atoms with Gasteiger partial charge in [-0.3, -0.25) is 14.7 Å². The predicted molar refractivity (Wildman–Crippen MR) is 143 cm³/mol. The topological polar surface area (TPSA) is 83.5 Å². The van der Waals surface area contributed by atoms with Gasteiger partial charge in [0.05, 0.1) is 21.7 Å². The van der Waals surface area contributed by atoms with Crippen molar-refractivity contribution < 1.29 is 13.2 Å². The van der Waals surface area contributed by atoms with Crippen molar-refractivity contribution in [3.8, 4) is 0 Å². The number of fused-ring (bicyclic) bond motifs is 1. The summed E-state index contributed by atoms with van der Waals surface area (Å²) in [5, 5.41) is 0.558. The van der Waals surface area contributed by atoms with Gasteiger partial charge in [-0.2, -0.15) is 0 Å². The van der Waals surface area contributed by atoms with Crippen molar-refractivity contribution >= 4 is 58.5 Å². The van der Waals surface area contributed by atoms with Gasteiger partial charge in [-0.15, -0.1) is 0 Å². The molecule has 2 heterocycles. The molecular weight excluding hydrogens is 548 g/mol. The zero-order valence-corrected chi connectivity index (χ0v) is 22.6. The molecule has 7 nitrogen and oxygen atoms in total. The summed E-state index contributed by atoms with van der Waals surface area (Å²) in [6.07, 6.45) is 5.09. The molecule has 0 bridgehead atoms. The molecule has 4 rings (SSSR count). The van der Waals surface area contributed by atoms with Gasteiger partial charge in [-0.1, -0.05) is 46.7 Å². The van der Waals surface area contributed by atoms with E-state index in [1.54, 1.807) is 36.5 Å². The maximum atomic E-state index is 13.6. The molecule has 0 fully saturated rings. The van der Waals surface area contributed by atoms with Crippen molar-refractivity contribution in [2.24, 2.45) is 0 Å². The molecule has 0 spiro atoms. The van der Waals surface area contributed by atoms with Crippen LogP contribution in [0.5, 0.6) is 0 Å². The van der Waals surface area contributed by atoms with Gasteiger partial charge < -0.3 is 0 Å². The van der Waals surface area contributed by atoms with Gasteiger partial charge in [-0.25, -0.2) is 17.7 Å². The van der Waals surface area contributed by atoms with Crippen LogP contribution in [0.2, 0.25) is 0 Å². The van der Waals surface area contributed by atoms with E-state index in [4.69, 9.17) is 0 Å². The number of nitrogens with zero attached hydrogens (tertiary/aromatic N) is 4. The van der Waals surface area contributed by atoms with Crippen LogP contribution in [0.25, 0.3) is 10.2 Å². The van der Waals surface area contributed by atoms with E-state index in [0.29, 0.717) is 17.2 Å². The van der Waals surface area contributed by atoms with Gasteiger partial charge in [0.25, 0.3) is 5.91 Å². The van der Waals surface area contributed by atoms with E-state index in [1.165, 1.54) is 27.8 Å². The highest BCUT2D eigenvalue weighted by molar-refractivity contribution is 9.10. The lowest BCUT2D eigenvalue weighted by Crippen LogP contribution is -2.30. The SMILES string of the molecule is CCCCN(C)S(=O)(=O)c1ccc(C(=O)N(Cc2cccnc2)c2nc3ccc(Br)cc3s2)cc1. The van der Waals surface area contributed by atoms with Crippen LogP contribution in [0.1, 0.15) is 35.7 Å². The average molecular weight is 574 g/mol. The summed E-state index contributed by atoms with van der Waals surface area (Å²) in [5.41, 5.74) is 2.04. The summed E-state index contributed by atoms with van der Waals surface area (Å²) in [4.78, 5) is 24.2. The second-order valence-electron chi connectivity index (χ2n) is 8.07. The predicted octanol–water partition coefficient (Wildman–Crippen LogP) is 5.72. The Hall–Kier alpha value is -2.66. The van der Waals surface area contributed by atoms with E-state index in [-0.39, 0.29) is 17.3 Å². The van der Waals surface area contributed by atoms with Crippen LogP contribution >= 0.6 is 27.3 Å². The van der Waals surface area contributed by atoms with Crippen LogP contribution in [-0.4, -0.2) is 42.2 Å². The average Bonchev–Trinajstić information content (AvgIpc) is 3.29. The number of unbranched alkanes of at least 4 members (excludes halogenated alkanes) is 1. The van der Waals surface area contributed by atoms with Crippen molar-refractivity contribution in [3.05, 3.63) is 82.6 Å². The number of sulfonamides is 1. The molecule has 0 unspecified atom stereocenters. The molecule has 0 N–H and O–H groups in total. The zero-order valence-electron chi connectivity index (χ0n) is 19.4. The molecule has 35 heavy (non-hydrogen) atoms. The maximum Gasteiger partial charge on any atom is 0.260 e. The maximum absolute atomic E-state index is 13.6. The van der Waals surface area contributed by atoms with Crippen molar-refractivity contribution in [1.29, 1.82) is 0 Å². The number of carbonyl (C=O) groups is 1. The Balaban J connectivity index is 1.66. The lowest BCUT2D eigenvalue weighted by atomic mass is 10.2. The van der Waals surface area contributed by atoms with Gasteiger partial charge in [-0.05, 0) is 60.5 Å². The smallest absolute Gasteiger partial charge is 0.260 e. The van der Waals surface area contributed by atoms with E-state index in [1.807, 2.05) is 37.3 Å². The number of halogens is 1. The molecule has 0 aliphatic heterocycles. The van der Waals surface area contributed by atoms with E-state index >= 15 is 0 Å². The Labute approximate surface area is 217 Å². The minimum atomic E-state index is -3.61. The summed E-state index contributed by atoms with van der Waals surface area (Å²) in [6, 6.07) is 15.6. The van der Waals surface area contributed by atoms with Gasteiger partial charge in [0.2, 0.25) is 10.0 Å². The van der Waals surface area contributed by atoms with Crippen molar-refractivity contribution in [1.82, 2.24) is 14.3 Å².